The number of aromatic nitrogens is 3. The second-order valence-electron chi connectivity index (χ2n) is 5.84. The maximum Gasteiger partial charge on any atom is 0.145 e. The van der Waals surface area contributed by atoms with Gasteiger partial charge >= 0.3 is 0 Å². The average molecular weight is 299 g/mol. The molecule has 0 unspecified atom stereocenters. The summed E-state index contributed by atoms with van der Waals surface area (Å²) in [4.78, 5) is 9.11. The van der Waals surface area contributed by atoms with Crippen LogP contribution in [0, 0.1) is 13.8 Å². The van der Waals surface area contributed by atoms with Gasteiger partial charge in [0.2, 0.25) is 0 Å². The van der Waals surface area contributed by atoms with Crippen LogP contribution in [0.15, 0.2) is 67.0 Å². The predicted molar refractivity (Wildman–Crippen MR) is 93.8 cm³/mol. The number of nitrogens with zero attached hydrogens (tertiary/aromatic N) is 3. The first-order valence-electron chi connectivity index (χ1n) is 7.69. The van der Waals surface area contributed by atoms with Crippen molar-refractivity contribution in [3.63, 3.8) is 0 Å². The van der Waals surface area contributed by atoms with Crippen LogP contribution in [0.3, 0.4) is 0 Å². The van der Waals surface area contributed by atoms with Crippen molar-refractivity contribution < 1.29 is 0 Å². The number of aryl methyl sites for hydroxylation is 2. The number of pyridine rings is 1. The second-order valence-corrected chi connectivity index (χ2v) is 5.84. The highest BCUT2D eigenvalue weighted by Gasteiger charge is 2.14. The fourth-order valence-corrected chi connectivity index (χ4v) is 2.78. The summed E-state index contributed by atoms with van der Waals surface area (Å²) < 4.78 is 2.17. The topological polar surface area (TPSA) is 30.7 Å². The van der Waals surface area contributed by atoms with Crippen LogP contribution in [0.2, 0.25) is 0 Å². The van der Waals surface area contributed by atoms with E-state index < -0.39 is 0 Å². The van der Waals surface area contributed by atoms with Crippen molar-refractivity contribution in [3.05, 3.63) is 78.1 Å². The van der Waals surface area contributed by atoms with Crippen molar-refractivity contribution >= 4 is 11.0 Å². The lowest BCUT2D eigenvalue weighted by Crippen LogP contribution is -1.97. The molecule has 0 radical (unpaired) electrons. The summed E-state index contributed by atoms with van der Waals surface area (Å²) in [6.07, 6.45) is 3.66. The highest BCUT2D eigenvalue weighted by molar-refractivity contribution is 5.82. The van der Waals surface area contributed by atoms with Gasteiger partial charge in [0.1, 0.15) is 5.82 Å². The van der Waals surface area contributed by atoms with Crippen LogP contribution >= 0.6 is 0 Å². The van der Waals surface area contributed by atoms with Gasteiger partial charge in [-0.2, -0.15) is 0 Å². The number of hydrogen-bond donors (Lipinski definition) is 0. The van der Waals surface area contributed by atoms with Gasteiger partial charge in [-0.3, -0.25) is 9.55 Å². The number of rotatable bonds is 2. The van der Waals surface area contributed by atoms with E-state index in [1.807, 2.05) is 12.3 Å². The quantitative estimate of drug-likeness (QED) is 0.537. The number of hydrogen-bond acceptors (Lipinski definition) is 2. The maximum absolute atomic E-state index is 4.83. The Kier molecular flexibility index (Phi) is 3.19. The molecule has 0 bridgehead atoms. The standard InChI is InChI=1S/C20H17N3/c1-14-3-7-16(8-4-14)20-22-18-11-12-21-13-19(18)23(20)17-9-5-15(2)6-10-17/h3-13H,1-2H3. The van der Waals surface area contributed by atoms with Crippen molar-refractivity contribution in [1.82, 2.24) is 14.5 Å². The van der Waals surface area contributed by atoms with Gasteiger partial charge in [-0.05, 0) is 32.0 Å². The first kappa shape index (κ1) is 13.7. The molecule has 3 nitrogen and oxygen atoms in total. The van der Waals surface area contributed by atoms with Crippen LogP contribution in [-0.4, -0.2) is 14.5 Å². The summed E-state index contributed by atoms with van der Waals surface area (Å²) in [6, 6.07) is 18.9. The summed E-state index contributed by atoms with van der Waals surface area (Å²) in [5.41, 5.74) is 6.67. The van der Waals surface area contributed by atoms with Crippen LogP contribution in [0.4, 0.5) is 0 Å². The molecule has 4 rings (SSSR count). The molecule has 2 aromatic carbocycles. The Morgan fingerprint density at radius 1 is 0.783 bits per heavy atom. The zero-order valence-corrected chi connectivity index (χ0v) is 13.2. The zero-order chi connectivity index (χ0) is 15.8. The van der Waals surface area contributed by atoms with Crippen LogP contribution in [0.25, 0.3) is 28.1 Å². The Hall–Kier alpha value is -2.94. The monoisotopic (exact) mass is 299 g/mol. The fourth-order valence-electron chi connectivity index (χ4n) is 2.78. The van der Waals surface area contributed by atoms with Gasteiger partial charge in [-0.1, -0.05) is 47.5 Å². The van der Waals surface area contributed by atoms with Crippen LogP contribution in [0.1, 0.15) is 11.1 Å². The van der Waals surface area contributed by atoms with Gasteiger partial charge in [-0.25, -0.2) is 4.98 Å². The predicted octanol–water partition coefficient (Wildman–Crippen LogP) is 4.70. The SMILES string of the molecule is Cc1ccc(-c2nc3ccncc3n2-c2ccc(C)cc2)cc1. The minimum atomic E-state index is 0.942. The average Bonchev–Trinajstić information content (AvgIpc) is 2.96. The van der Waals surface area contributed by atoms with E-state index in [-0.39, 0.29) is 0 Å². The van der Waals surface area contributed by atoms with E-state index in [2.05, 4.69) is 71.9 Å². The molecule has 0 aliphatic heterocycles. The molecule has 0 amide bonds. The van der Waals surface area contributed by atoms with E-state index in [0.717, 1.165) is 28.1 Å². The van der Waals surface area contributed by atoms with Crippen molar-refractivity contribution in [2.75, 3.05) is 0 Å². The molecule has 0 saturated carbocycles. The van der Waals surface area contributed by atoms with Gasteiger partial charge in [-0.15, -0.1) is 0 Å². The molecule has 0 spiro atoms. The van der Waals surface area contributed by atoms with E-state index in [4.69, 9.17) is 4.98 Å². The van der Waals surface area contributed by atoms with Crippen LogP contribution in [-0.2, 0) is 0 Å². The second kappa shape index (κ2) is 5.36. The van der Waals surface area contributed by atoms with E-state index in [1.165, 1.54) is 11.1 Å². The molecule has 4 aromatic rings. The van der Waals surface area contributed by atoms with E-state index in [0.29, 0.717) is 0 Å². The molecule has 0 saturated heterocycles. The number of benzene rings is 2. The summed E-state index contributed by atoms with van der Waals surface area (Å²) in [5.74, 6) is 0.942. The Bertz CT molecular complexity index is 964. The van der Waals surface area contributed by atoms with Crippen molar-refractivity contribution in [2.45, 2.75) is 13.8 Å². The largest absolute Gasteiger partial charge is 0.291 e. The van der Waals surface area contributed by atoms with Gasteiger partial charge < -0.3 is 0 Å². The third-order valence-corrected chi connectivity index (χ3v) is 4.06. The first-order chi connectivity index (χ1) is 11.2. The molecule has 0 aliphatic carbocycles. The maximum atomic E-state index is 4.83. The van der Waals surface area contributed by atoms with E-state index >= 15 is 0 Å². The van der Waals surface area contributed by atoms with Crippen molar-refractivity contribution in [2.24, 2.45) is 0 Å². The highest BCUT2D eigenvalue weighted by atomic mass is 15.1. The molecule has 2 aromatic heterocycles. The zero-order valence-electron chi connectivity index (χ0n) is 13.2. The van der Waals surface area contributed by atoms with Gasteiger partial charge in [0.25, 0.3) is 0 Å². The summed E-state index contributed by atoms with van der Waals surface area (Å²) in [5, 5.41) is 0. The summed E-state index contributed by atoms with van der Waals surface area (Å²) in [6.45, 7) is 4.19. The van der Waals surface area contributed by atoms with Gasteiger partial charge in [0, 0.05) is 17.4 Å². The number of imidazole rings is 1. The Balaban J connectivity index is 2.01. The summed E-state index contributed by atoms with van der Waals surface area (Å²) >= 11 is 0. The third-order valence-electron chi connectivity index (χ3n) is 4.06. The molecular formula is C20H17N3. The molecule has 0 aliphatic rings. The van der Waals surface area contributed by atoms with E-state index in [1.54, 1.807) is 6.20 Å². The van der Waals surface area contributed by atoms with Gasteiger partial charge in [0.05, 0.1) is 17.2 Å². The van der Waals surface area contributed by atoms with E-state index in [9.17, 15) is 0 Å². The number of fused-ring (bicyclic) bond motifs is 1. The molecule has 23 heavy (non-hydrogen) atoms. The first-order valence-corrected chi connectivity index (χ1v) is 7.69. The van der Waals surface area contributed by atoms with Crippen molar-refractivity contribution in [1.29, 1.82) is 0 Å². The molecular weight excluding hydrogens is 282 g/mol. The minimum absolute atomic E-state index is 0.942. The normalized spacial score (nSPS) is 11.0. The lowest BCUT2D eigenvalue weighted by Gasteiger charge is -2.10. The highest BCUT2D eigenvalue weighted by Crippen LogP contribution is 2.28. The lowest BCUT2D eigenvalue weighted by atomic mass is 10.1. The summed E-state index contributed by atoms with van der Waals surface area (Å²) in [7, 11) is 0. The Morgan fingerprint density at radius 3 is 2.13 bits per heavy atom. The molecule has 0 fully saturated rings. The minimum Gasteiger partial charge on any atom is -0.291 e. The molecule has 0 atom stereocenters. The van der Waals surface area contributed by atoms with Crippen molar-refractivity contribution in [3.8, 4) is 17.1 Å². The van der Waals surface area contributed by atoms with Crippen LogP contribution < -0.4 is 0 Å². The molecule has 2 heterocycles. The molecule has 0 N–H and O–H groups in total. The Morgan fingerprint density at radius 2 is 1.43 bits per heavy atom. The lowest BCUT2D eigenvalue weighted by molar-refractivity contribution is 1.09. The Labute approximate surface area is 135 Å². The molecule has 3 heteroatoms. The smallest absolute Gasteiger partial charge is 0.145 e. The van der Waals surface area contributed by atoms with Crippen LogP contribution in [0.5, 0.6) is 0 Å². The van der Waals surface area contributed by atoms with Gasteiger partial charge in [0.15, 0.2) is 0 Å². The molecule has 112 valence electrons. The third kappa shape index (κ3) is 2.40. The fraction of sp³-hybridized carbons (Fsp3) is 0.100.